The number of piperidine rings is 1. The van der Waals surface area contributed by atoms with E-state index in [-0.39, 0.29) is 17.9 Å². The highest BCUT2D eigenvalue weighted by Gasteiger charge is 2.26. The largest absolute Gasteiger partial charge is 0.304 e. The molecular weight excluding hydrogens is 180 g/mol. The van der Waals surface area contributed by atoms with E-state index in [0.717, 1.165) is 0 Å². The van der Waals surface area contributed by atoms with E-state index >= 15 is 0 Å². The van der Waals surface area contributed by atoms with Crippen LogP contribution in [0.1, 0.15) is 31.6 Å². The Balaban J connectivity index is 2.15. The number of aromatic nitrogens is 3. The van der Waals surface area contributed by atoms with Gasteiger partial charge in [0.1, 0.15) is 5.78 Å². The first kappa shape index (κ1) is 9.21. The van der Waals surface area contributed by atoms with E-state index in [1.807, 2.05) is 6.92 Å². The minimum absolute atomic E-state index is 0.0695. The molecule has 1 N–H and O–H groups in total. The highest BCUT2D eigenvalue weighted by molar-refractivity contribution is 5.80. The first-order valence-electron chi connectivity index (χ1n) is 4.67. The molecule has 0 saturated carbocycles. The second-order valence-corrected chi connectivity index (χ2v) is 3.57. The average Bonchev–Trinajstić information content (AvgIpc) is 2.18. The van der Waals surface area contributed by atoms with Crippen molar-refractivity contribution in [1.29, 1.82) is 0 Å². The van der Waals surface area contributed by atoms with Crippen molar-refractivity contribution in [3.63, 3.8) is 0 Å². The fourth-order valence-corrected chi connectivity index (χ4v) is 1.70. The van der Waals surface area contributed by atoms with Gasteiger partial charge in [0.2, 0.25) is 0 Å². The lowest BCUT2D eigenvalue weighted by molar-refractivity contribution is -0.121. The molecule has 1 fully saturated rings. The zero-order chi connectivity index (χ0) is 9.97. The summed E-state index contributed by atoms with van der Waals surface area (Å²) in [6.45, 7) is 1.99. The summed E-state index contributed by atoms with van der Waals surface area (Å²) in [7, 11) is 0. The van der Waals surface area contributed by atoms with Gasteiger partial charge < -0.3 is 5.32 Å². The second-order valence-electron chi connectivity index (χ2n) is 3.57. The van der Waals surface area contributed by atoms with E-state index in [0.29, 0.717) is 18.7 Å². The summed E-state index contributed by atoms with van der Waals surface area (Å²) in [5.74, 6) is 0.862. The molecule has 0 amide bonds. The smallest absolute Gasteiger partial charge is 0.168 e. The fraction of sp³-hybridized carbons (Fsp3) is 0.556. The minimum atomic E-state index is -0.0695. The summed E-state index contributed by atoms with van der Waals surface area (Å²) in [5, 5.41) is 10.9. The Morgan fingerprint density at radius 3 is 2.93 bits per heavy atom. The summed E-state index contributed by atoms with van der Waals surface area (Å²) < 4.78 is 0. The third-order valence-electron chi connectivity index (χ3n) is 2.26. The van der Waals surface area contributed by atoms with E-state index in [4.69, 9.17) is 0 Å². The SMILES string of the molecule is CC1CC(=O)CC(c2nccnn2)N1. The maximum atomic E-state index is 11.3. The minimum Gasteiger partial charge on any atom is -0.304 e. The molecule has 1 aromatic rings. The Bertz CT molecular complexity index is 327. The average molecular weight is 192 g/mol. The predicted molar refractivity (Wildman–Crippen MR) is 49.4 cm³/mol. The van der Waals surface area contributed by atoms with Gasteiger partial charge in [0.05, 0.1) is 12.2 Å². The number of hydrogen-bond donors (Lipinski definition) is 1. The number of ketones is 1. The summed E-state index contributed by atoms with van der Waals surface area (Å²) >= 11 is 0. The molecule has 0 aromatic carbocycles. The Morgan fingerprint density at radius 2 is 2.29 bits per heavy atom. The van der Waals surface area contributed by atoms with Crippen molar-refractivity contribution in [1.82, 2.24) is 20.5 Å². The second kappa shape index (κ2) is 3.79. The molecule has 1 aromatic heterocycles. The summed E-state index contributed by atoms with van der Waals surface area (Å²) in [4.78, 5) is 15.4. The molecule has 0 radical (unpaired) electrons. The van der Waals surface area contributed by atoms with Crippen molar-refractivity contribution in [2.75, 3.05) is 0 Å². The van der Waals surface area contributed by atoms with Gasteiger partial charge in [0, 0.05) is 25.1 Å². The molecule has 0 bridgehead atoms. The molecule has 2 unspecified atom stereocenters. The Labute approximate surface area is 82.0 Å². The van der Waals surface area contributed by atoms with Gasteiger partial charge in [-0.3, -0.25) is 4.79 Å². The van der Waals surface area contributed by atoms with Gasteiger partial charge in [0.25, 0.3) is 0 Å². The number of carbonyl (C=O) groups is 1. The van der Waals surface area contributed by atoms with Crippen molar-refractivity contribution in [2.45, 2.75) is 31.8 Å². The van der Waals surface area contributed by atoms with Crippen LogP contribution in [0.2, 0.25) is 0 Å². The molecule has 0 spiro atoms. The molecule has 2 atom stereocenters. The molecular formula is C9H12N4O. The maximum Gasteiger partial charge on any atom is 0.168 e. The van der Waals surface area contributed by atoms with Crippen molar-refractivity contribution < 1.29 is 4.79 Å². The van der Waals surface area contributed by atoms with Crippen LogP contribution in [-0.2, 0) is 4.79 Å². The number of nitrogens with zero attached hydrogens (tertiary/aromatic N) is 3. The molecule has 1 aliphatic rings. The van der Waals surface area contributed by atoms with Crippen LogP contribution in [0.4, 0.5) is 0 Å². The number of rotatable bonds is 1. The summed E-state index contributed by atoms with van der Waals surface area (Å²) in [6, 6.07) is 0.130. The molecule has 2 rings (SSSR count). The van der Waals surface area contributed by atoms with Gasteiger partial charge in [-0.05, 0) is 6.92 Å². The fourth-order valence-electron chi connectivity index (χ4n) is 1.70. The molecule has 1 aliphatic heterocycles. The third-order valence-corrected chi connectivity index (χ3v) is 2.26. The van der Waals surface area contributed by atoms with Crippen LogP contribution in [0, 0.1) is 0 Å². The van der Waals surface area contributed by atoms with Crippen molar-refractivity contribution in [3.05, 3.63) is 18.2 Å². The lowest BCUT2D eigenvalue weighted by atomic mass is 9.98. The highest BCUT2D eigenvalue weighted by atomic mass is 16.1. The van der Waals surface area contributed by atoms with Crippen LogP contribution >= 0.6 is 0 Å². The van der Waals surface area contributed by atoms with Crippen molar-refractivity contribution >= 4 is 5.78 Å². The van der Waals surface area contributed by atoms with E-state index in [1.165, 1.54) is 6.20 Å². The highest BCUT2D eigenvalue weighted by Crippen LogP contribution is 2.19. The molecule has 5 heteroatoms. The van der Waals surface area contributed by atoms with Crippen LogP contribution in [0.5, 0.6) is 0 Å². The lowest BCUT2D eigenvalue weighted by Crippen LogP contribution is -2.39. The van der Waals surface area contributed by atoms with Crippen LogP contribution < -0.4 is 5.32 Å². The van der Waals surface area contributed by atoms with Gasteiger partial charge in [0.15, 0.2) is 5.82 Å². The van der Waals surface area contributed by atoms with E-state index < -0.39 is 0 Å². The normalized spacial score (nSPS) is 27.6. The van der Waals surface area contributed by atoms with Crippen LogP contribution in [-0.4, -0.2) is 27.0 Å². The third kappa shape index (κ3) is 1.93. The molecule has 1 saturated heterocycles. The first-order valence-corrected chi connectivity index (χ1v) is 4.67. The molecule has 2 heterocycles. The van der Waals surface area contributed by atoms with E-state index in [2.05, 4.69) is 20.5 Å². The standard InChI is InChI=1S/C9H12N4O/c1-6-4-7(14)5-8(12-6)9-10-2-3-11-13-9/h2-3,6,8,12H,4-5H2,1H3. The summed E-state index contributed by atoms with van der Waals surface area (Å²) in [5.41, 5.74) is 0. The van der Waals surface area contributed by atoms with Gasteiger partial charge in [-0.25, -0.2) is 4.98 Å². The molecule has 0 aliphatic carbocycles. The number of carbonyl (C=O) groups excluding carboxylic acids is 1. The Hall–Kier alpha value is -1.36. The first-order chi connectivity index (χ1) is 6.75. The maximum absolute atomic E-state index is 11.3. The number of hydrogen-bond acceptors (Lipinski definition) is 5. The molecule has 5 nitrogen and oxygen atoms in total. The number of nitrogens with one attached hydrogen (secondary N) is 1. The van der Waals surface area contributed by atoms with Crippen LogP contribution in [0.25, 0.3) is 0 Å². The number of Topliss-reactive ketones (excluding diaryl/α,β-unsaturated/α-hetero) is 1. The van der Waals surface area contributed by atoms with Gasteiger partial charge in [-0.15, -0.1) is 5.10 Å². The van der Waals surface area contributed by atoms with Crippen molar-refractivity contribution in [3.8, 4) is 0 Å². The van der Waals surface area contributed by atoms with Crippen LogP contribution in [0.15, 0.2) is 12.4 Å². The Kier molecular flexibility index (Phi) is 2.49. The van der Waals surface area contributed by atoms with Gasteiger partial charge in [-0.2, -0.15) is 5.10 Å². The summed E-state index contributed by atoms with van der Waals surface area (Å²) in [6.07, 6.45) is 4.18. The van der Waals surface area contributed by atoms with Crippen molar-refractivity contribution in [2.24, 2.45) is 0 Å². The monoisotopic (exact) mass is 192 g/mol. The van der Waals surface area contributed by atoms with Crippen LogP contribution in [0.3, 0.4) is 0 Å². The molecule has 74 valence electrons. The Morgan fingerprint density at radius 1 is 1.43 bits per heavy atom. The van der Waals surface area contributed by atoms with Gasteiger partial charge in [-0.1, -0.05) is 0 Å². The van der Waals surface area contributed by atoms with E-state index in [1.54, 1.807) is 6.20 Å². The topological polar surface area (TPSA) is 67.8 Å². The zero-order valence-electron chi connectivity index (χ0n) is 7.97. The predicted octanol–water partition coefficient (Wildman–Crippen LogP) is 0.254. The van der Waals surface area contributed by atoms with E-state index in [9.17, 15) is 4.79 Å². The zero-order valence-corrected chi connectivity index (χ0v) is 7.97. The quantitative estimate of drug-likeness (QED) is 0.691. The van der Waals surface area contributed by atoms with Gasteiger partial charge >= 0.3 is 0 Å². The lowest BCUT2D eigenvalue weighted by Gasteiger charge is -2.26. The molecule has 14 heavy (non-hydrogen) atoms.